The highest BCUT2D eigenvalue weighted by Gasteiger charge is 2.47. The summed E-state index contributed by atoms with van der Waals surface area (Å²) in [5.41, 5.74) is 3.14. The average Bonchev–Trinajstić information content (AvgIpc) is 3.00. The summed E-state index contributed by atoms with van der Waals surface area (Å²) in [4.78, 5) is 37.6. The number of rotatable bonds is 11. The summed E-state index contributed by atoms with van der Waals surface area (Å²) < 4.78 is 24.8. The second-order valence-electron chi connectivity index (χ2n) is 15.6. The van der Waals surface area contributed by atoms with Crippen molar-refractivity contribution in [1.29, 1.82) is 0 Å². The zero-order valence-electron chi connectivity index (χ0n) is 33.4. The van der Waals surface area contributed by atoms with Gasteiger partial charge in [0.2, 0.25) is 8.32 Å². The van der Waals surface area contributed by atoms with Crippen LogP contribution in [0.2, 0.25) is 36.3 Å². The van der Waals surface area contributed by atoms with E-state index in [1.807, 2.05) is 32.9 Å². The van der Waals surface area contributed by atoms with Gasteiger partial charge >= 0.3 is 11.9 Å². The first-order valence-electron chi connectivity index (χ1n) is 18.5. The lowest BCUT2D eigenvalue weighted by atomic mass is 9.95. The van der Waals surface area contributed by atoms with Crippen molar-refractivity contribution >= 4 is 34.4 Å². The minimum atomic E-state index is -2.29. The van der Waals surface area contributed by atoms with Gasteiger partial charge in [-0.15, -0.1) is 0 Å². The number of cyclic esters (lactones) is 1. The number of carbonyl (C=O) groups excluding carboxylic acids is 3. The Bertz CT molecular complexity index is 1240. The van der Waals surface area contributed by atoms with Crippen LogP contribution >= 0.6 is 0 Å². The van der Waals surface area contributed by atoms with Crippen LogP contribution in [0.25, 0.3) is 0 Å². The summed E-state index contributed by atoms with van der Waals surface area (Å²) in [6, 6.07) is 0. The SMILES string of the molecule is COC(=O)C=CC(C)=C[C@H](C)[C@@H]1CC(C)=CC=CCC[C@@H](O[Si](C)(C)C)[C@H](O[Si](C(C)C)(C(C)C)C(C)C)C=CC(=O)CCCC=CC(=O)O1. The Morgan fingerprint density at radius 3 is 2.14 bits per heavy atom. The molecule has 0 saturated carbocycles. The van der Waals surface area contributed by atoms with Crippen molar-refractivity contribution in [1.82, 2.24) is 0 Å². The molecule has 0 aromatic heterocycles. The Kier molecular flexibility index (Phi) is 20.3. The van der Waals surface area contributed by atoms with Crippen LogP contribution in [0.5, 0.6) is 0 Å². The predicted octanol–water partition coefficient (Wildman–Crippen LogP) is 10.5. The molecule has 0 spiro atoms. The summed E-state index contributed by atoms with van der Waals surface area (Å²) in [5, 5.41) is 0. The number of ketones is 1. The van der Waals surface area contributed by atoms with Gasteiger partial charge in [0.15, 0.2) is 14.1 Å². The van der Waals surface area contributed by atoms with Crippen molar-refractivity contribution in [2.24, 2.45) is 5.92 Å². The average molecular weight is 729 g/mol. The van der Waals surface area contributed by atoms with E-state index in [1.54, 1.807) is 18.2 Å². The second-order valence-corrected chi connectivity index (χ2v) is 25.5. The molecule has 0 aromatic carbocycles. The number of carbonyl (C=O) groups is 3. The molecule has 7 nitrogen and oxygen atoms in total. The fourth-order valence-corrected chi connectivity index (χ4v) is 13.5. The third-order valence-corrected chi connectivity index (χ3v) is 16.3. The monoisotopic (exact) mass is 728 g/mol. The molecule has 0 bridgehead atoms. The second kappa shape index (κ2) is 22.4. The summed E-state index contributed by atoms with van der Waals surface area (Å²) in [5.74, 6) is -0.910. The zero-order chi connectivity index (χ0) is 38.1. The molecule has 0 radical (unpaired) electrons. The summed E-state index contributed by atoms with van der Waals surface area (Å²) in [6.45, 7) is 26.3. The number of hydrogen-bond donors (Lipinski definition) is 0. The van der Waals surface area contributed by atoms with Crippen molar-refractivity contribution in [3.63, 3.8) is 0 Å². The van der Waals surface area contributed by atoms with Crippen molar-refractivity contribution < 1.29 is 32.7 Å². The van der Waals surface area contributed by atoms with Crippen LogP contribution in [0.1, 0.15) is 101 Å². The molecule has 0 unspecified atom stereocenters. The number of ether oxygens (including phenoxy) is 2. The molecule has 0 aromatic rings. The number of allylic oxidation sites excluding steroid dienone is 7. The normalized spacial score (nSPS) is 22.3. The maximum atomic E-state index is 13.1. The Morgan fingerprint density at radius 2 is 1.56 bits per heavy atom. The molecule has 282 valence electrons. The fraction of sp³-hybridized carbons (Fsp3) is 0.634. The van der Waals surface area contributed by atoms with Gasteiger partial charge in [-0.1, -0.05) is 102 Å². The molecule has 1 rings (SSSR count). The molecule has 1 heterocycles. The van der Waals surface area contributed by atoms with Crippen molar-refractivity contribution in [3.8, 4) is 0 Å². The largest absolute Gasteiger partial charge is 0.466 e. The first kappa shape index (κ1) is 45.4. The van der Waals surface area contributed by atoms with E-state index >= 15 is 0 Å². The highest BCUT2D eigenvalue weighted by molar-refractivity contribution is 6.77. The van der Waals surface area contributed by atoms with Crippen LogP contribution in [0.15, 0.2) is 71.9 Å². The number of esters is 2. The van der Waals surface area contributed by atoms with Crippen LogP contribution in [0.3, 0.4) is 0 Å². The molecule has 0 N–H and O–H groups in total. The Morgan fingerprint density at radius 1 is 0.920 bits per heavy atom. The lowest BCUT2D eigenvalue weighted by Gasteiger charge is -2.46. The minimum Gasteiger partial charge on any atom is -0.466 e. The van der Waals surface area contributed by atoms with E-state index in [9.17, 15) is 14.4 Å². The van der Waals surface area contributed by atoms with Gasteiger partial charge in [-0.25, -0.2) is 9.59 Å². The van der Waals surface area contributed by atoms with Gasteiger partial charge in [-0.2, -0.15) is 0 Å². The third-order valence-electron chi connectivity index (χ3n) is 9.16. The van der Waals surface area contributed by atoms with E-state index in [1.165, 1.54) is 19.3 Å². The summed E-state index contributed by atoms with van der Waals surface area (Å²) in [7, 11) is -2.91. The molecule has 0 saturated heterocycles. The van der Waals surface area contributed by atoms with E-state index in [0.29, 0.717) is 42.3 Å². The molecule has 1 aliphatic rings. The fourth-order valence-electron chi connectivity index (χ4n) is 6.83. The van der Waals surface area contributed by atoms with Gasteiger partial charge in [0.25, 0.3) is 0 Å². The molecule has 9 heteroatoms. The van der Waals surface area contributed by atoms with Gasteiger partial charge in [0.1, 0.15) is 6.10 Å². The summed E-state index contributed by atoms with van der Waals surface area (Å²) in [6.07, 6.45) is 21.1. The molecule has 1 aliphatic heterocycles. The van der Waals surface area contributed by atoms with Crippen LogP contribution in [-0.4, -0.2) is 59.8 Å². The molecule has 50 heavy (non-hydrogen) atoms. The summed E-state index contributed by atoms with van der Waals surface area (Å²) >= 11 is 0. The Hall–Kier alpha value is -2.60. The molecular weight excluding hydrogens is 661 g/mol. The van der Waals surface area contributed by atoms with Gasteiger partial charge in [-0.05, 0) is 81.9 Å². The smallest absolute Gasteiger partial charge is 0.330 e. The molecule has 4 atom stereocenters. The van der Waals surface area contributed by atoms with Crippen LogP contribution in [0, 0.1) is 5.92 Å². The standard InChI is InChI=1S/C41H68O7Si2/c1-30(2)50(31(3)4,32(5)6)48-38-26-25-36(42)21-17-15-19-23-41(44)46-39(35(9)28-34(8)24-27-40(43)45-10)29-33(7)20-16-14-18-22-37(38)47-49(11,12)13/h14,16,19-20,23-28,30-32,35,37-39H,15,17-18,21-22,29H2,1-13H3/t35-,37+,38+,39-/m0/s1. The molecular formula is C41H68O7Si2. The van der Waals surface area contributed by atoms with Crippen LogP contribution in [0.4, 0.5) is 0 Å². The molecule has 0 fully saturated rings. The van der Waals surface area contributed by atoms with E-state index in [4.69, 9.17) is 18.3 Å². The van der Waals surface area contributed by atoms with Crippen LogP contribution < -0.4 is 0 Å². The highest BCUT2D eigenvalue weighted by Crippen LogP contribution is 2.44. The number of hydrogen-bond acceptors (Lipinski definition) is 7. The first-order chi connectivity index (χ1) is 23.3. The van der Waals surface area contributed by atoms with Crippen LogP contribution in [-0.2, 0) is 32.7 Å². The van der Waals surface area contributed by atoms with Gasteiger partial charge in [0, 0.05) is 30.9 Å². The van der Waals surface area contributed by atoms with Crippen molar-refractivity contribution in [2.75, 3.05) is 7.11 Å². The lowest BCUT2D eigenvalue weighted by Crippen LogP contribution is -2.53. The van der Waals surface area contributed by atoms with Gasteiger partial charge in [0.05, 0.1) is 19.3 Å². The first-order valence-corrected chi connectivity index (χ1v) is 24.1. The predicted molar refractivity (Wildman–Crippen MR) is 212 cm³/mol. The highest BCUT2D eigenvalue weighted by atomic mass is 28.4. The minimum absolute atomic E-state index is 0.0412. The van der Waals surface area contributed by atoms with E-state index in [-0.39, 0.29) is 23.9 Å². The quantitative estimate of drug-likeness (QED) is 0.0905. The van der Waals surface area contributed by atoms with E-state index in [2.05, 4.69) is 79.4 Å². The molecule has 0 aliphatic carbocycles. The Balaban J connectivity index is 3.52. The lowest BCUT2D eigenvalue weighted by molar-refractivity contribution is -0.144. The maximum Gasteiger partial charge on any atom is 0.330 e. The number of methoxy groups -OCH3 is 1. The zero-order valence-corrected chi connectivity index (χ0v) is 35.4. The van der Waals surface area contributed by atoms with Crippen molar-refractivity contribution in [2.45, 2.75) is 155 Å². The Labute approximate surface area is 306 Å². The molecule has 0 amide bonds. The maximum absolute atomic E-state index is 13.1. The van der Waals surface area contributed by atoms with Gasteiger partial charge < -0.3 is 18.3 Å². The van der Waals surface area contributed by atoms with E-state index < -0.39 is 34.7 Å². The van der Waals surface area contributed by atoms with Gasteiger partial charge in [-0.3, -0.25) is 4.79 Å². The van der Waals surface area contributed by atoms with E-state index in [0.717, 1.165) is 24.0 Å². The topological polar surface area (TPSA) is 88.1 Å². The van der Waals surface area contributed by atoms with Crippen molar-refractivity contribution in [3.05, 3.63) is 71.9 Å². The third kappa shape index (κ3) is 16.6.